The second-order valence-electron chi connectivity index (χ2n) is 27.3. The lowest BCUT2D eigenvalue weighted by atomic mass is 10.0. The van der Waals surface area contributed by atoms with Crippen LogP contribution in [0.25, 0.3) is 0 Å². The number of carbonyl (C=O) groups is 2. The number of rotatable bonds is 77. The van der Waals surface area contributed by atoms with Gasteiger partial charge in [-0.25, -0.2) is 4.57 Å². The Labute approximate surface area is 566 Å². The van der Waals surface area contributed by atoms with Crippen LogP contribution < -0.4 is 5.73 Å². The number of unbranched alkanes of at least 4 members (excludes halogenated alkanes) is 56. The molecule has 0 aromatic carbocycles. The van der Waals surface area contributed by atoms with Crippen LogP contribution in [-0.2, 0) is 32.7 Å². The van der Waals surface area contributed by atoms with Crippen molar-refractivity contribution in [1.29, 1.82) is 0 Å². The van der Waals surface area contributed by atoms with Gasteiger partial charge in [-0.3, -0.25) is 18.6 Å². The van der Waals surface area contributed by atoms with Crippen LogP contribution in [0.1, 0.15) is 425 Å². The maximum absolute atomic E-state index is 12.8. The SMILES string of the molecule is CCCCCCC/C=C\C/C=C\CCCCCCCCCCCCCCCCCCCCCCCCCC(=O)OCC(COP(=O)(O)OCCN)OC(=O)CCCCCCCCCCCCCCCCCCCCCCCCC/C=C\C/C=C\CCCCCCC. The van der Waals surface area contributed by atoms with Gasteiger partial charge in [0.1, 0.15) is 6.61 Å². The quantitative estimate of drug-likeness (QED) is 0.0264. The molecule has 0 aliphatic heterocycles. The molecule has 91 heavy (non-hydrogen) atoms. The highest BCUT2D eigenvalue weighted by Gasteiger charge is 2.26. The number of hydrogen-bond acceptors (Lipinski definition) is 8. The number of phosphoric acid groups is 1. The fourth-order valence-corrected chi connectivity index (χ4v) is 13.0. The summed E-state index contributed by atoms with van der Waals surface area (Å²) in [7, 11) is -4.39. The molecule has 0 spiro atoms. The van der Waals surface area contributed by atoms with E-state index in [4.69, 9.17) is 24.3 Å². The highest BCUT2D eigenvalue weighted by Crippen LogP contribution is 2.43. The largest absolute Gasteiger partial charge is 0.472 e. The van der Waals surface area contributed by atoms with Crippen LogP contribution >= 0.6 is 7.82 Å². The summed E-state index contributed by atoms with van der Waals surface area (Å²) in [5.74, 6) is -0.802. The first-order valence-corrected chi connectivity index (χ1v) is 41.6. The minimum atomic E-state index is -4.39. The first-order valence-electron chi connectivity index (χ1n) is 40.1. The van der Waals surface area contributed by atoms with Crippen LogP contribution in [0.3, 0.4) is 0 Å². The van der Waals surface area contributed by atoms with Crippen molar-refractivity contribution < 1.29 is 37.6 Å². The summed E-state index contributed by atoms with van der Waals surface area (Å²) in [6, 6.07) is 0. The summed E-state index contributed by atoms with van der Waals surface area (Å²) in [5, 5.41) is 0. The average Bonchev–Trinajstić information content (AvgIpc) is 3.74. The van der Waals surface area contributed by atoms with E-state index in [1.807, 2.05) is 0 Å². The molecule has 10 heteroatoms. The summed E-state index contributed by atoms with van der Waals surface area (Å²) < 4.78 is 33.3. The second kappa shape index (κ2) is 77.0. The number of nitrogens with two attached hydrogens (primary N) is 1. The Balaban J connectivity index is 3.75. The Morgan fingerprint density at radius 1 is 0.330 bits per heavy atom. The van der Waals surface area contributed by atoms with Gasteiger partial charge in [-0.2, -0.15) is 0 Å². The number of allylic oxidation sites excluding steroid dienone is 8. The minimum Gasteiger partial charge on any atom is -0.462 e. The maximum atomic E-state index is 12.8. The van der Waals surface area contributed by atoms with Gasteiger partial charge in [0.15, 0.2) is 6.10 Å². The van der Waals surface area contributed by atoms with Crippen LogP contribution in [0.5, 0.6) is 0 Å². The highest BCUT2D eigenvalue weighted by atomic mass is 31.2. The number of phosphoric ester groups is 1. The number of carbonyl (C=O) groups excluding carboxylic acids is 2. The van der Waals surface area contributed by atoms with Gasteiger partial charge in [0, 0.05) is 19.4 Å². The van der Waals surface area contributed by atoms with Gasteiger partial charge in [-0.1, -0.05) is 383 Å². The van der Waals surface area contributed by atoms with E-state index in [0.717, 1.165) is 44.9 Å². The molecule has 0 amide bonds. The molecular formula is C81H154NO8P. The van der Waals surface area contributed by atoms with Gasteiger partial charge in [-0.05, 0) is 77.0 Å². The van der Waals surface area contributed by atoms with Crippen molar-refractivity contribution in [2.75, 3.05) is 26.4 Å². The molecule has 0 radical (unpaired) electrons. The monoisotopic (exact) mass is 1300 g/mol. The van der Waals surface area contributed by atoms with Crippen molar-refractivity contribution in [3.8, 4) is 0 Å². The van der Waals surface area contributed by atoms with Crippen LogP contribution in [0.15, 0.2) is 48.6 Å². The summed E-state index contributed by atoms with van der Waals surface area (Å²) in [4.78, 5) is 35.5. The van der Waals surface area contributed by atoms with Gasteiger partial charge in [0.2, 0.25) is 0 Å². The Kier molecular flexibility index (Phi) is 75.3. The third-order valence-corrected chi connectivity index (χ3v) is 19.2. The van der Waals surface area contributed by atoms with Crippen LogP contribution in [-0.4, -0.2) is 49.3 Å². The molecule has 0 aliphatic rings. The van der Waals surface area contributed by atoms with Crippen LogP contribution in [0, 0.1) is 0 Å². The molecule has 0 rings (SSSR count). The fourth-order valence-electron chi connectivity index (χ4n) is 12.2. The Morgan fingerprint density at radius 3 is 0.835 bits per heavy atom. The van der Waals surface area contributed by atoms with Gasteiger partial charge in [0.05, 0.1) is 13.2 Å². The lowest BCUT2D eigenvalue weighted by molar-refractivity contribution is -0.161. The molecule has 2 unspecified atom stereocenters. The molecule has 3 N–H and O–H groups in total. The van der Waals surface area contributed by atoms with Crippen molar-refractivity contribution in [1.82, 2.24) is 0 Å². The standard InChI is InChI=1S/C81H154NO8P/c1-3-5-7-9-11-13-15-17-19-21-23-25-27-29-31-33-35-37-39-41-43-45-47-49-51-53-55-57-59-61-63-65-67-69-71-73-80(83)87-77-79(78-89-91(85,86)88-76-75-82)90-81(84)74-72-70-68-66-64-62-60-58-56-54-52-50-48-46-44-42-40-38-36-34-32-30-28-26-24-22-20-18-16-14-12-10-8-6-4-2/h15-18,21-24,79H,3-14,19-20,25-78,82H2,1-2H3,(H,85,86)/b17-15-,18-16-,23-21-,24-22-. The first-order chi connectivity index (χ1) is 44.8. The smallest absolute Gasteiger partial charge is 0.462 e. The zero-order valence-electron chi connectivity index (χ0n) is 60.6. The van der Waals surface area contributed by atoms with E-state index in [-0.39, 0.29) is 38.6 Å². The summed E-state index contributed by atoms with van der Waals surface area (Å²) in [6.45, 7) is 3.80. The molecule has 2 atom stereocenters. The van der Waals surface area contributed by atoms with E-state index in [2.05, 4.69) is 62.5 Å². The molecule has 0 aromatic heterocycles. The molecule has 9 nitrogen and oxygen atoms in total. The van der Waals surface area contributed by atoms with Crippen LogP contribution in [0.2, 0.25) is 0 Å². The Bertz CT molecular complexity index is 1630. The molecule has 0 saturated heterocycles. The van der Waals surface area contributed by atoms with Crippen molar-refractivity contribution in [3.63, 3.8) is 0 Å². The molecular weight excluding hydrogens is 1150 g/mol. The maximum Gasteiger partial charge on any atom is 0.472 e. The lowest BCUT2D eigenvalue weighted by Crippen LogP contribution is -2.29. The molecule has 0 aliphatic carbocycles. The predicted octanol–water partition coefficient (Wildman–Crippen LogP) is 26.8. The van der Waals surface area contributed by atoms with Crippen molar-refractivity contribution in [3.05, 3.63) is 48.6 Å². The van der Waals surface area contributed by atoms with Gasteiger partial charge in [-0.15, -0.1) is 0 Å². The molecule has 0 bridgehead atoms. The number of ether oxygens (including phenoxy) is 2. The van der Waals surface area contributed by atoms with Gasteiger partial charge in [0.25, 0.3) is 0 Å². The molecule has 0 saturated carbocycles. The van der Waals surface area contributed by atoms with Crippen LogP contribution in [0.4, 0.5) is 0 Å². The fraction of sp³-hybridized carbons (Fsp3) is 0.877. The highest BCUT2D eigenvalue weighted by molar-refractivity contribution is 7.47. The van der Waals surface area contributed by atoms with Crippen molar-refractivity contribution >= 4 is 19.8 Å². The normalized spacial score (nSPS) is 13.1. The van der Waals surface area contributed by atoms with E-state index in [9.17, 15) is 19.0 Å². The van der Waals surface area contributed by atoms with Gasteiger partial charge < -0.3 is 20.1 Å². The molecule has 0 aromatic rings. The molecule has 0 heterocycles. The predicted molar refractivity (Wildman–Crippen MR) is 395 cm³/mol. The second-order valence-corrected chi connectivity index (χ2v) is 28.7. The van der Waals surface area contributed by atoms with E-state index < -0.39 is 26.5 Å². The first kappa shape index (κ1) is 89.0. The van der Waals surface area contributed by atoms with Crippen molar-refractivity contribution in [2.24, 2.45) is 5.73 Å². The van der Waals surface area contributed by atoms with Gasteiger partial charge >= 0.3 is 19.8 Å². The topological polar surface area (TPSA) is 134 Å². The Morgan fingerprint density at radius 2 is 0.571 bits per heavy atom. The zero-order valence-corrected chi connectivity index (χ0v) is 61.5. The average molecular weight is 1300 g/mol. The van der Waals surface area contributed by atoms with E-state index in [0.29, 0.717) is 6.42 Å². The van der Waals surface area contributed by atoms with E-state index in [1.54, 1.807) is 0 Å². The molecule has 0 fully saturated rings. The number of esters is 2. The van der Waals surface area contributed by atoms with E-state index in [1.165, 1.54) is 347 Å². The third-order valence-electron chi connectivity index (χ3n) is 18.2. The summed E-state index contributed by atoms with van der Waals surface area (Å²) in [5.41, 5.74) is 5.42. The zero-order chi connectivity index (χ0) is 65.8. The summed E-state index contributed by atoms with van der Waals surface area (Å²) >= 11 is 0. The summed E-state index contributed by atoms with van der Waals surface area (Å²) in [6.07, 6.45) is 99.7. The van der Waals surface area contributed by atoms with Crippen molar-refractivity contribution in [2.45, 2.75) is 431 Å². The minimum absolute atomic E-state index is 0.0561. The Hall–Kier alpha value is -2.03. The number of hydrogen-bond donors (Lipinski definition) is 2. The molecule has 536 valence electrons. The third kappa shape index (κ3) is 76.9. The van der Waals surface area contributed by atoms with E-state index >= 15 is 0 Å². The lowest BCUT2D eigenvalue weighted by Gasteiger charge is -2.19.